The number of aryl methyl sites for hydroxylation is 1. The van der Waals surface area contributed by atoms with Crippen molar-refractivity contribution in [1.29, 1.82) is 0 Å². The van der Waals surface area contributed by atoms with Crippen LogP contribution in [0, 0.1) is 6.92 Å². The maximum Gasteiger partial charge on any atom is 0.320 e. The van der Waals surface area contributed by atoms with Crippen LogP contribution in [0.2, 0.25) is 0 Å². The number of para-hydroxylation sites is 1. The number of hydrogen-bond donors (Lipinski definition) is 2. The molecule has 2 amide bonds. The van der Waals surface area contributed by atoms with Gasteiger partial charge in [0.25, 0.3) is 11.8 Å². The van der Waals surface area contributed by atoms with Gasteiger partial charge in [-0.15, -0.1) is 0 Å². The molecule has 34 heavy (non-hydrogen) atoms. The highest BCUT2D eigenvalue weighted by molar-refractivity contribution is 6.08. The largest absolute Gasteiger partial charge is 0.456 e. The number of rotatable bonds is 5. The third-order valence-electron chi connectivity index (χ3n) is 5.89. The summed E-state index contributed by atoms with van der Waals surface area (Å²) >= 11 is 0. The second kappa shape index (κ2) is 10.3. The van der Waals surface area contributed by atoms with Gasteiger partial charge in [0, 0.05) is 28.9 Å². The summed E-state index contributed by atoms with van der Waals surface area (Å²) in [6.45, 7) is 2.20. The standard InChI is InChI=1S/C27H27N3O4/c1-18-7-2-3-8-21(18)26(32)29-20-14-12-19(13-15-20)27(33)30-16-6-11-24(34-25(31)17-28)22-9-4-5-10-23(22)30/h2-5,7-10,12-15,24H,6,11,16-17,28H2,1H3,(H,29,32). The first-order valence-corrected chi connectivity index (χ1v) is 11.3. The maximum atomic E-state index is 13.4. The molecule has 7 nitrogen and oxygen atoms in total. The molecule has 0 radical (unpaired) electrons. The molecule has 1 heterocycles. The quantitative estimate of drug-likeness (QED) is 0.558. The first-order chi connectivity index (χ1) is 16.5. The molecule has 4 rings (SSSR count). The fourth-order valence-electron chi connectivity index (χ4n) is 4.13. The van der Waals surface area contributed by atoms with Gasteiger partial charge in [-0.05, 0) is 61.7 Å². The van der Waals surface area contributed by atoms with E-state index >= 15 is 0 Å². The van der Waals surface area contributed by atoms with Gasteiger partial charge >= 0.3 is 5.97 Å². The molecular weight excluding hydrogens is 430 g/mol. The molecular formula is C27H27N3O4. The zero-order valence-electron chi connectivity index (χ0n) is 19.0. The van der Waals surface area contributed by atoms with E-state index in [2.05, 4.69) is 5.32 Å². The Balaban J connectivity index is 1.53. The summed E-state index contributed by atoms with van der Waals surface area (Å²) in [7, 11) is 0. The Hall–Kier alpha value is -3.97. The van der Waals surface area contributed by atoms with E-state index in [1.165, 1.54) is 0 Å². The van der Waals surface area contributed by atoms with Gasteiger partial charge in [0.05, 0.1) is 12.2 Å². The second-order valence-corrected chi connectivity index (χ2v) is 8.19. The summed E-state index contributed by atoms with van der Waals surface area (Å²) in [6.07, 6.45) is 0.841. The fraction of sp³-hybridized carbons (Fsp3) is 0.222. The highest BCUT2D eigenvalue weighted by atomic mass is 16.5. The van der Waals surface area contributed by atoms with Crippen molar-refractivity contribution in [2.45, 2.75) is 25.9 Å². The molecule has 0 saturated heterocycles. The van der Waals surface area contributed by atoms with Crippen LogP contribution in [0.15, 0.2) is 72.8 Å². The first kappa shape index (κ1) is 23.2. The molecule has 1 aliphatic heterocycles. The third-order valence-corrected chi connectivity index (χ3v) is 5.89. The van der Waals surface area contributed by atoms with E-state index < -0.39 is 12.1 Å². The number of carbonyl (C=O) groups excluding carboxylic acids is 3. The zero-order valence-corrected chi connectivity index (χ0v) is 19.0. The Morgan fingerprint density at radius 1 is 1.00 bits per heavy atom. The predicted octanol–water partition coefficient (Wildman–Crippen LogP) is 4.23. The van der Waals surface area contributed by atoms with E-state index in [0.29, 0.717) is 36.2 Å². The van der Waals surface area contributed by atoms with E-state index in [9.17, 15) is 14.4 Å². The number of anilines is 2. The molecule has 174 valence electrons. The molecule has 0 saturated carbocycles. The number of nitrogens with two attached hydrogens (primary N) is 1. The van der Waals surface area contributed by atoms with Crippen LogP contribution in [0.5, 0.6) is 0 Å². The molecule has 1 atom stereocenters. The van der Waals surface area contributed by atoms with Crippen LogP contribution in [0.3, 0.4) is 0 Å². The van der Waals surface area contributed by atoms with Gasteiger partial charge < -0.3 is 20.7 Å². The van der Waals surface area contributed by atoms with Crippen molar-refractivity contribution in [1.82, 2.24) is 0 Å². The van der Waals surface area contributed by atoms with Crippen LogP contribution in [-0.2, 0) is 9.53 Å². The van der Waals surface area contributed by atoms with Crippen molar-refractivity contribution in [2.75, 3.05) is 23.3 Å². The van der Waals surface area contributed by atoms with E-state index in [-0.39, 0.29) is 18.4 Å². The molecule has 7 heteroatoms. The smallest absolute Gasteiger partial charge is 0.320 e. The lowest BCUT2D eigenvalue weighted by molar-refractivity contribution is -0.148. The van der Waals surface area contributed by atoms with E-state index in [4.69, 9.17) is 10.5 Å². The van der Waals surface area contributed by atoms with Crippen molar-refractivity contribution in [3.05, 3.63) is 95.1 Å². The summed E-state index contributed by atoms with van der Waals surface area (Å²) in [5.41, 5.74) is 9.53. The van der Waals surface area contributed by atoms with Crippen molar-refractivity contribution in [3.8, 4) is 0 Å². The number of esters is 1. The Kier molecular flexibility index (Phi) is 7.04. The number of ether oxygens (including phenoxy) is 1. The number of amides is 2. The van der Waals surface area contributed by atoms with E-state index in [1.807, 2.05) is 49.4 Å². The summed E-state index contributed by atoms with van der Waals surface area (Å²) in [4.78, 5) is 39.5. The van der Waals surface area contributed by atoms with Gasteiger partial charge in [-0.2, -0.15) is 0 Å². The SMILES string of the molecule is Cc1ccccc1C(=O)Nc1ccc(C(=O)N2CCCC(OC(=O)CN)c3ccccc32)cc1. The van der Waals surface area contributed by atoms with Gasteiger partial charge in [-0.25, -0.2) is 0 Å². The lowest BCUT2D eigenvalue weighted by Crippen LogP contribution is -2.31. The van der Waals surface area contributed by atoms with Gasteiger partial charge in [-0.3, -0.25) is 14.4 Å². The first-order valence-electron chi connectivity index (χ1n) is 11.3. The number of carbonyl (C=O) groups is 3. The Morgan fingerprint density at radius 3 is 2.44 bits per heavy atom. The van der Waals surface area contributed by atoms with E-state index in [0.717, 1.165) is 16.8 Å². The van der Waals surface area contributed by atoms with Gasteiger partial charge in [0.1, 0.15) is 6.10 Å². The number of nitrogens with zero attached hydrogens (tertiary/aromatic N) is 1. The highest BCUT2D eigenvalue weighted by Crippen LogP contribution is 2.36. The summed E-state index contributed by atoms with van der Waals surface area (Å²) in [6, 6.07) is 21.7. The predicted molar refractivity (Wildman–Crippen MR) is 131 cm³/mol. The molecule has 0 aliphatic carbocycles. The average molecular weight is 458 g/mol. The minimum Gasteiger partial charge on any atom is -0.456 e. The van der Waals surface area contributed by atoms with Gasteiger partial charge in [0.15, 0.2) is 0 Å². The Morgan fingerprint density at radius 2 is 1.71 bits per heavy atom. The minimum absolute atomic E-state index is 0.157. The molecule has 1 aliphatic rings. The topological polar surface area (TPSA) is 102 Å². The van der Waals surface area contributed by atoms with Crippen molar-refractivity contribution in [3.63, 3.8) is 0 Å². The van der Waals surface area contributed by atoms with Crippen LogP contribution >= 0.6 is 0 Å². The zero-order chi connectivity index (χ0) is 24.1. The lowest BCUT2D eigenvalue weighted by Gasteiger charge is -2.24. The minimum atomic E-state index is -0.470. The molecule has 3 aromatic rings. The fourth-order valence-corrected chi connectivity index (χ4v) is 4.13. The summed E-state index contributed by atoms with van der Waals surface area (Å²) < 4.78 is 5.54. The number of fused-ring (bicyclic) bond motifs is 1. The van der Waals surface area contributed by atoms with Crippen LogP contribution in [-0.4, -0.2) is 30.9 Å². The molecule has 0 spiro atoms. The average Bonchev–Trinajstić information content (AvgIpc) is 3.04. The molecule has 0 fully saturated rings. The molecule has 0 aromatic heterocycles. The van der Waals surface area contributed by atoms with Crippen molar-refractivity contribution < 1.29 is 19.1 Å². The van der Waals surface area contributed by atoms with E-state index in [1.54, 1.807) is 35.2 Å². The molecule has 0 bridgehead atoms. The second-order valence-electron chi connectivity index (χ2n) is 8.19. The van der Waals surface area contributed by atoms with Crippen LogP contribution in [0.4, 0.5) is 11.4 Å². The lowest BCUT2D eigenvalue weighted by atomic mass is 10.0. The Bertz CT molecular complexity index is 1210. The van der Waals surface area contributed by atoms with Crippen molar-refractivity contribution in [2.24, 2.45) is 5.73 Å². The highest BCUT2D eigenvalue weighted by Gasteiger charge is 2.28. The van der Waals surface area contributed by atoms with Gasteiger partial charge in [-0.1, -0.05) is 36.4 Å². The van der Waals surface area contributed by atoms with Crippen molar-refractivity contribution >= 4 is 29.2 Å². The number of benzene rings is 3. The molecule has 3 N–H and O–H groups in total. The normalized spacial score (nSPS) is 15.1. The Labute approximate surface area is 198 Å². The monoisotopic (exact) mass is 457 g/mol. The van der Waals surface area contributed by atoms with Gasteiger partial charge in [0.2, 0.25) is 0 Å². The van der Waals surface area contributed by atoms with Crippen LogP contribution < -0.4 is 16.0 Å². The maximum absolute atomic E-state index is 13.4. The van der Waals surface area contributed by atoms with Crippen LogP contribution in [0.1, 0.15) is 50.8 Å². The summed E-state index contributed by atoms with van der Waals surface area (Å²) in [5.74, 6) is -0.824. The summed E-state index contributed by atoms with van der Waals surface area (Å²) in [5, 5.41) is 2.88. The van der Waals surface area contributed by atoms with Crippen LogP contribution in [0.25, 0.3) is 0 Å². The number of nitrogens with one attached hydrogen (secondary N) is 1. The number of hydrogen-bond acceptors (Lipinski definition) is 5. The molecule has 3 aromatic carbocycles. The third kappa shape index (κ3) is 5.00. The molecule has 1 unspecified atom stereocenters.